The molecule has 0 aliphatic carbocycles. The van der Waals surface area contributed by atoms with Gasteiger partial charge < -0.3 is 29.2 Å². The first kappa shape index (κ1) is 27.6. The summed E-state index contributed by atoms with van der Waals surface area (Å²) in [7, 11) is 1.36. The SMILES string of the molecule is COC(=O)c1ccc(N2CCN(C[C@H]3OC[C@H](Nc4cncc(C(F)(F)F)n4)[C@H]4OC(C)(C)O[C@H]43)CC2)cc1. The van der Waals surface area contributed by atoms with Gasteiger partial charge in [0.1, 0.15) is 18.0 Å². The number of methoxy groups -OCH3 is 1. The van der Waals surface area contributed by atoms with E-state index in [2.05, 4.69) is 25.1 Å². The molecule has 0 radical (unpaired) electrons. The largest absolute Gasteiger partial charge is 0.465 e. The van der Waals surface area contributed by atoms with Crippen LogP contribution in [0.2, 0.25) is 0 Å². The third kappa shape index (κ3) is 6.26. The number of anilines is 2. The van der Waals surface area contributed by atoms with Crippen LogP contribution >= 0.6 is 0 Å². The Hall–Kier alpha value is -3.00. The van der Waals surface area contributed by atoms with Crippen LogP contribution in [0.1, 0.15) is 29.9 Å². The molecule has 5 rings (SSSR count). The van der Waals surface area contributed by atoms with Crippen molar-refractivity contribution in [1.29, 1.82) is 0 Å². The Morgan fingerprint density at radius 2 is 1.79 bits per heavy atom. The summed E-state index contributed by atoms with van der Waals surface area (Å²) in [4.78, 5) is 23.6. The highest BCUT2D eigenvalue weighted by Crippen LogP contribution is 2.37. The Balaban J connectivity index is 1.19. The molecule has 1 aromatic carbocycles. The number of esters is 1. The van der Waals surface area contributed by atoms with Gasteiger partial charge in [-0.15, -0.1) is 0 Å². The molecular weight excluding hydrogens is 519 g/mol. The second-order valence-corrected chi connectivity index (χ2v) is 10.3. The van der Waals surface area contributed by atoms with Gasteiger partial charge >= 0.3 is 12.1 Å². The van der Waals surface area contributed by atoms with E-state index in [0.29, 0.717) is 18.3 Å². The fourth-order valence-corrected chi connectivity index (χ4v) is 5.24. The lowest BCUT2D eigenvalue weighted by molar-refractivity contribution is -0.155. The Morgan fingerprint density at radius 3 is 2.46 bits per heavy atom. The zero-order chi connectivity index (χ0) is 27.8. The Labute approximate surface area is 224 Å². The Morgan fingerprint density at radius 1 is 1.10 bits per heavy atom. The molecule has 3 aliphatic rings. The topological polar surface area (TPSA) is 98.3 Å². The van der Waals surface area contributed by atoms with Crippen LogP contribution in [0.5, 0.6) is 0 Å². The van der Waals surface area contributed by atoms with Crippen LogP contribution < -0.4 is 10.2 Å². The van der Waals surface area contributed by atoms with Gasteiger partial charge in [0.05, 0.1) is 43.8 Å². The van der Waals surface area contributed by atoms with Gasteiger partial charge in [0, 0.05) is 38.4 Å². The van der Waals surface area contributed by atoms with Crippen LogP contribution in [0, 0.1) is 0 Å². The lowest BCUT2D eigenvalue weighted by Crippen LogP contribution is -2.58. The van der Waals surface area contributed by atoms with Crippen LogP contribution in [-0.2, 0) is 25.1 Å². The van der Waals surface area contributed by atoms with E-state index in [-0.39, 0.29) is 24.5 Å². The maximum Gasteiger partial charge on any atom is 0.434 e. The second kappa shape index (κ2) is 10.9. The van der Waals surface area contributed by atoms with Gasteiger partial charge in [0.25, 0.3) is 0 Å². The summed E-state index contributed by atoms with van der Waals surface area (Å²) in [6, 6.07) is 6.90. The minimum absolute atomic E-state index is 0.000304. The zero-order valence-corrected chi connectivity index (χ0v) is 22.0. The normalized spacial score (nSPS) is 27.2. The number of nitrogens with zero attached hydrogens (tertiary/aromatic N) is 4. The number of carbonyl (C=O) groups is 1. The van der Waals surface area contributed by atoms with Crippen molar-refractivity contribution in [3.8, 4) is 0 Å². The van der Waals surface area contributed by atoms with E-state index in [9.17, 15) is 18.0 Å². The molecule has 0 spiro atoms. The number of rotatable bonds is 6. The van der Waals surface area contributed by atoms with Crippen LogP contribution in [0.25, 0.3) is 0 Å². The molecular formula is C26H32F3N5O5. The number of hydrogen-bond donors (Lipinski definition) is 1. The molecule has 13 heteroatoms. The summed E-state index contributed by atoms with van der Waals surface area (Å²) in [6.45, 7) is 7.70. The highest BCUT2D eigenvalue weighted by Gasteiger charge is 2.52. The molecule has 3 fully saturated rings. The zero-order valence-electron chi connectivity index (χ0n) is 22.0. The van der Waals surface area contributed by atoms with Crippen LogP contribution in [0.3, 0.4) is 0 Å². The number of piperazine rings is 1. The Bertz CT molecular complexity index is 1160. The number of aromatic nitrogens is 2. The highest BCUT2D eigenvalue weighted by atomic mass is 19.4. The van der Waals surface area contributed by atoms with E-state index in [4.69, 9.17) is 18.9 Å². The number of benzene rings is 1. The predicted molar refractivity (Wildman–Crippen MR) is 134 cm³/mol. The van der Waals surface area contributed by atoms with Gasteiger partial charge in [-0.1, -0.05) is 0 Å². The molecule has 3 saturated heterocycles. The van der Waals surface area contributed by atoms with Gasteiger partial charge in [-0.05, 0) is 38.1 Å². The summed E-state index contributed by atoms with van der Waals surface area (Å²) in [5.41, 5.74) is 0.483. The van der Waals surface area contributed by atoms with Crippen molar-refractivity contribution in [2.45, 2.75) is 50.2 Å². The molecule has 10 nitrogen and oxygen atoms in total. The summed E-state index contributed by atoms with van der Waals surface area (Å²) in [5, 5.41) is 3.01. The fourth-order valence-electron chi connectivity index (χ4n) is 5.24. The molecule has 1 N–H and O–H groups in total. The quantitative estimate of drug-likeness (QED) is 0.540. The monoisotopic (exact) mass is 551 g/mol. The predicted octanol–water partition coefficient (Wildman–Crippen LogP) is 2.80. The fraction of sp³-hybridized carbons (Fsp3) is 0.577. The van der Waals surface area contributed by atoms with E-state index in [1.807, 2.05) is 26.0 Å². The molecule has 1 aromatic heterocycles. The van der Waals surface area contributed by atoms with Gasteiger partial charge in [0.2, 0.25) is 0 Å². The van der Waals surface area contributed by atoms with E-state index < -0.39 is 35.9 Å². The smallest absolute Gasteiger partial charge is 0.434 e. The molecule has 2 aromatic rings. The first-order valence-corrected chi connectivity index (χ1v) is 12.8. The minimum Gasteiger partial charge on any atom is -0.465 e. The molecule has 0 unspecified atom stereocenters. The average Bonchev–Trinajstić information content (AvgIpc) is 3.25. The molecule has 212 valence electrons. The number of ether oxygens (including phenoxy) is 4. The van der Waals surface area contributed by atoms with Crippen molar-refractivity contribution < 1.29 is 36.9 Å². The second-order valence-electron chi connectivity index (χ2n) is 10.3. The molecule has 0 bridgehead atoms. The van der Waals surface area contributed by atoms with Crippen molar-refractivity contribution >= 4 is 17.5 Å². The highest BCUT2D eigenvalue weighted by molar-refractivity contribution is 5.89. The van der Waals surface area contributed by atoms with E-state index >= 15 is 0 Å². The maximum atomic E-state index is 13.1. The Kier molecular flexibility index (Phi) is 7.68. The van der Waals surface area contributed by atoms with Gasteiger partial charge in [-0.2, -0.15) is 13.2 Å². The number of hydrogen-bond acceptors (Lipinski definition) is 10. The number of halogens is 3. The van der Waals surface area contributed by atoms with Crippen molar-refractivity contribution in [3.05, 3.63) is 47.9 Å². The van der Waals surface area contributed by atoms with Crippen molar-refractivity contribution in [2.24, 2.45) is 0 Å². The standard InChI is InChI=1S/C26H32F3N5O5/c1-25(2)38-22-18(31-21-13-30-12-20(32-21)26(27,28)29)15-37-19(23(22)39-25)14-33-8-10-34(11-9-33)17-6-4-16(5-7-17)24(35)36-3/h4-7,12-13,18-19,22-23H,8-11,14-15H2,1-3H3,(H,31,32)/t18-,19+,22+,23-/m0/s1. The molecule has 3 aliphatic heterocycles. The molecule has 4 atom stereocenters. The summed E-state index contributed by atoms with van der Waals surface area (Å²) >= 11 is 0. The lowest BCUT2D eigenvalue weighted by Gasteiger charge is -2.42. The third-order valence-electron chi connectivity index (χ3n) is 7.14. The van der Waals surface area contributed by atoms with E-state index in [1.54, 1.807) is 12.1 Å². The number of alkyl halides is 3. The van der Waals surface area contributed by atoms with Crippen LogP contribution in [-0.4, -0.2) is 97.4 Å². The molecule has 0 saturated carbocycles. The number of fused-ring (bicyclic) bond motifs is 1. The maximum absolute atomic E-state index is 13.1. The third-order valence-corrected chi connectivity index (χ3v) is 7.14. The average molecular weight is 552 g/mol. The number of nitrogens with one attached hydrogen (secondary N) is 1. The van der Waals surface area contributed by atoms with Gasteiger partial charge in [0.15, 0.2) is 11.5 Å². The minimum atomic E-state index is -4.59. The first-order valence-electron chi connectivity index (χ1n) is 12.8. The van der Waals surface area contributed by atoms with E-state index in [0.717, 1.165) is 31.9 Å². The van der Waals surface area contributed by atoms with Crippen molar-refractivity contribution in [3.63, 3.8) is 0 Å². The summed E-state index contributed by atoms with van der Waals surface area (Å²) in [6.07, 6.45) is -3.77. The van der Waals surface area contributed by atoms with Crippen molar-refractivity contribution in [1.82, 2.24) is 14.9 Å². The number of carbonyl (C=O) groups excluding carboxylic acids is 1. The lowest BCUT2D eigenvalue weighted by atomic mass is 9.97. The van der Waals surface area contributed by atoms with Crippen LogP contribution in [0.15, 0.2) is 36.7 Å². The first-order chi connectivity index (χ1) is 18.5. The summed E-state index contributed by atoms with van der Waals surface area (Å²) < 4.78 is 62.6. The van der Waals surface area contributed by atoms with Crippen molar-refractivity contribution in [2.75, 3.05) is 56.7 Å². The molecule has 4 heterocycles. The van der Waals surface area contributed by atoms with Crippen LogP contribution in [0.4, 0.5) is 24.7 Å². The van der Waals surface area contributed by atoms with Gasteiger partial charge in [-0.25, -0.2) is 9.78 Å². The molecule has 0 amide bonds. The summed E-state index contributed by atoms with van der Waals surface area (Å²) in [5.74, 6) is -1.23. The van der Waals surface area contributed by atoms with Gasteiger partial charge in [-0.3, -0.25) is 9.88 Å². The molecule has 39 heavy (non-hydrogen) atoms. The van der Waals surface area contributed by atoms with E-state index in [1.165, 1.54) is 13.3 Å².